The number of nitrogens with two attached hydrogens (primary N) is 1. The molecular formula is C13H11N5O2. The number of hydrogen-bond acceptors (Lipinski definition) is 5. The van der Waals surface area contributed by atoms with Crippen LogP contribution in [0.1, 0.15) is 16.1 Å². The molecule has 0 atom stereocenters. The molecule has 0 aliphatic carbocycles. The maximum atomic E-state index is 12.1. The van der Waals surface area contributed by atoms with E-state index in [0.717, 1.165) is 0 Å². The second kappa shape index (κ2) is 6.26. The number of carbonyl (C=O) groups excluding carboxylic acids is 1. The SMILES string of the molecule is NCC#Cc1cccnc1C(=O)Nc1ccc(=O)[nH]n1. The Labute approximate surface area is 114 Å². The maximum Gasteiger partial charge on any atom is 0.276 e. The molecule has 2 heterocycles. The second-order valence-electron chi connectivity index (χ2n) is 3.67. The van der Waals surface area contributed by atoms with Crippen LogP contribution in [0.5, 0.6) is 0 Å². The molecule has 1 amide bonds. The number of nitrogens with zero attached hydrogens (tertiary/aromatic N) is 2. The summed E-state index contributed by atoms with van der Waals surface area (Å²) < 4.78 is 0. The number of amides is 1. The van der Waals surface area contributed by atoms with E-state index >= 15 is 0 Å². The Morgan fingerprint density at radius 1 is 1.40 bits per heavy atom. The summed E-state index contributed by atoms with van der Waals surface area (Å²) in [6, 6.07) is 6.00. The van der Waals surface area contributed by atoms with E-state index in [-0.39, 0.29) is 23.6 Å². The molecule has 4 N–H and O–H groups in total. The molecule has 0 fully saturated rings. The summed E-state index contributed by atoms with van der Waals surface area (Å²) in [5.74, 6) is 5.19. The van der Waals surface area contributed by atoms with Gasteiger partial charge < -0.3 is 11.1 Å². The van der Waals surface area contributed by atoms with Crippen LogP contribution < -0.4 is 16.6 Å². The highest BCUT2D eigenvalue weighted by molar-refractivity contribution is 6.03. The van der Waals surface area contributed by atoms with Crippen molar-refractivity contribution < 1.29 is 4.79 Å². The first kappa shape index (κ1) is 13.5. The monoisotopic (exact) mass is 269 g/mol. The Balaban J connectivity index is 2.25. The van der Waals surface area contributed by atoms with Crippen molar-refractivity contribution in [3.05, 3.63) is 52.1 Å². The Kier molecular flexibility index (Phi) is 4.21. The van der Waals surface area contributed by atoms with Crippen molar-refractivity contribution in [3.8, 4) is 11.8 Å². The summed E-state index contributed by atoms with van der Waals surface area (Å²) in [6.07, 6.45) is 1.49. The lowest BCUT2D eigenvalue weighted by Crippen LogP contribution is -2.18. The van der Waals surface area contributed by atoms with Gasteiger partial charge in [0.15, 0.2) is 5.82 Å². The lowest BCUT2D eigenvalue weighted by atomic mass is 10.2. The van der Waals surface area contributed by atoms with Crippen LogP contribution >= 0.6 is 0 Å². The molecule has 0 bridgehead atoms. The van der Waals surface area contributed by atoms with Crippen LogP contribution in [0.15, 0.2) is 35.3 Å². The van der Waals surface area contributed by atoms with E-state index in [0.29, 0.717) is 5.56 Å². The average molecular weight is 269 g/mol. The van der Waals surface area contributed by atoms with Gasteiger partial charge in [-0.2, -0.15) is 5.10 Å². The summed E-state index contributed by atoms with van der Waals surface area (Å²) in [5, 5.41) is 8.42. The predicted molar refractivity (Wildman–Crippen MR) is 73.0 cm³/mol. The minimum absolute atomic E-state index is 0.168. The van der Waals surface area contributed by atoms with Crippen molar-refractivity contribution >= 4 is 11.7 Å². The van der Waals surface area contributed by atoms with E-state index < -0.39 is 5.91 Å². The van der Waals surface area contributed by atoms with Gasteiger partial charge in [0.05, 0.1) is 12.1 Å². The van der Waals surface area contributed by atoms with Crippen LogP contribution in [0.3, 0.4) is 0 Å². The van der Waals surface area contributed by atoms with Gasteiger partial charge >= 0.3 is 0 Å². The standard InChI is InChI=1S/C13H11N5O2/c14-7-1-3-9-4-2-8-15-12(9)13(20)16-10-5-6-11(19)18-17-10/h2,4-6,8H,7,14H2,(H,18,19)(H,16,17,20). The van der Waals surface area contributed by atoms with E-state index in [4.69, 9.17) is 5.73 Å². The fraction of sp³-hybridized carbons (Fsp3) is 0.0769. The Morgan fingerprint density at radius 2 is 2.25 bits per heavy atom. The van der Waals surface area contributed by atoms with Gasteiger partial charge in [0.1, 0.15) is 5.69 Å². The van der Waals surface area contributed by atoms with E-state index in [2.05, 4.69) is 32.3 Å². The fourth-order valence-corrected chi connectivity index (χ4v) is 1.42. The number of carbonyl (C=O) groups is 1. The molecule has 0 radical (unpaired) electrons. The number of pyridine rings is 1. The van der Waals surface area contributed by atoms with Crippen molar-refractivity contribution in [2.75, 3.05) is 11.9 Å². The second-order valence-corrected chi connectivity index (χ2v) is 3.67. The van der Waals surface area contributed by atoms with Gasteiger partial charge in [0, 0.05) is 12.3 Å². The van der Waals surface area contributed by atoms with Gasteiger partial charge in [0.25, 0.3) is 11.5 Å². The zero-order valence-corrected chi connectivity index (χ0v) is 10.4. The van der Waals surface area contributed by atoms with Crippen LogP contribution in [0.25, 0.3) is 0 Å². The number of aromatic nitrogens is 3. The highest BCUT2D eigenvalue weighted by atomic mass is 16.2. The number of aromatic amines is 1. The lowest BCUT2D eigenvalue weighted by molar-refractivity contribution is 0.102. The molecule has 20 heavy (non-hydrogen) atoms. The zero-order chi connectivity index (χ0) is 14.4. The van der Waals surface area contributed by atoms with Gasteiger partial charge in [-0.05, 0) is 18.2 Å². The van der Waals surface area contributed by atoms with Crippen molar-refractivity contribution in [1.82, 2.24) is 15.2 Å². The third-order valence-electron chi connectivity index (χ3n) is 2.27. The summed E-state index contributed by atoms with van der Waals surface area (Å²) in [5.41, 5.74) is 5.59. The van der Waals surface area contributed by atoms with Crippen molar-refractivity contribution in [1.29, 1.82) is 0 Å². The van der Waals surface area contributed by atoms with E-state index in [1.165, 1.54) is 18.3 Å². The Morgan fingerprint density at radius 3 is 2.95 bits per heavy atom. The Bertz CT molecular complexity index is 722. The molecule has 0 aliphatic rings. The molecular weight excluding hydrogens is 258 g/mol. The quantitative estimate of drug-likeness (QED) is 0.649. The first-order valence-corrected chi connectivity index (χ1v) is 5.72. The Hall–Kier alpha value is -2.98. The number of nitrogens with one attached hydrogen (secondary N) is 2. The van der Waals surface area contributed by atoms with Crippen LogP contribution in [-0.2, 0) is 0 Å². The molecule has 2 aromatic rings. The van der Waals surface area contributed by atoms with Crippen molar-refractivity contribution in [2.24, 2.45) is 5.73 Å². The summed E-state index contributed by atoms with van der Waals surface area (Å²) in [4.78, 5) is 26.9. The first-order chi connectivity index (χ1) is 9.70. The molecule has 0 saturated carbocycles. The number of hydrogen-bond donors (Lipinski definition) is 3. The lowest BCUT2D eigenvalue weighted by Gasteiger charge is -2.04. The molecule has 2 rings (SSSR count). The molecule has 0 unspecified atom stereocenters. The van der Waals surface area contributed by atoms with Gasteiger partial charge in [-0.25, -0.2) is 10.1 Å². The molecule has 0 aliphatic heterocycles. The number of rotatable bonds is 2. The first-order valence-electron chi connectivity index (χ1n) is 5.72. The van der Waals surface area contributed by atoms with Crippen molar-refractivity contribution in [2.45, 2.75) is 0 Å². The minimum atomic E-state index is -0.466. The number of anilines is 1. The smallest absolute Gasteiger partial charge is 0.276 e. The van der Waals surface area contributed by atoms with E-state index in [1.807, 2.05) is 0 Å². The predicted octanol–water partition coefficient (Wildman–Crippen LogP) is -0.273. The van der Waals surface area contributed by atoms with E-state index in [9.17, 15) is 9.59 Å². The normalized spacial score (nSPS) is 9.45. The molecule has 7 nitrogen and oxygen atoms in total. The molecule has 0 aromatic carbocycles. The van der Waals surface area contributed by atoms with Crippen LogP contribution in [-0.4, -0.2) is 27.6 Å². The minimum Gasteiger partial charge on any atom is -0.320 e. The summed E-state index contributed by atoms with van der Waals surface area (Å²) in [6.45, 7) is 0.192. The highest BCUT2D eigenvalue weighted by Crippen LogP contribution is 2.06. The van der Waals surface area contributed by atoms with Crippen LogP contribution in [0, 0.1) is 11.8 Å². The summed E-state index contributed by atoms with van der Waals surface area (Å²) >= 11 is 0. The third-order valence-corrected chi connectivity index (χ3v) is 2.27. The van der Waals surface area contributed by atoms with Crippen molar-refractivity contribution in [3.63, 3.8) is 0 Å². The molecule has 7 heteroatoms. The van der Waals surface area contributed by atoms with Gasteiger partial charge in [0.2, 0.25) is 0 Å². The maximum absolute atomic E-state index is 12.1. The zero-order valence-electron chi connectivity index (χ0n) is 10.4. The van der Waals surface area contributed by atoms with Gasteiger partial charge in [-0.3, -0.25) is 9.59 Å². The number of H-pyrrole nitrogens is 1. The summed E-state index contributed by atoms with van der Waals surface area (Å²) in [7, 11) is 0. The molecule has 100 valence electrons. The van der Waals surface area contributed by atoms with Crippen LogP contribution in [0.2, 0.25) is 0 Å². The molecule has 2 aromatic heterocycles. The van der Waals surface area contributed by atoms with Gasteiger partial charge in [-0.15, -0.1) is 0 Å². The third kappa shape index (κ3) is 3.28. The average Bonchev–Trinajstić information content (AvgIpc) is 2.47. The van der Waals surface area contributed by atoms with Crippen LogP contribution in [0.4, 0.5) is 5.82 Å². The van der Waals surface area contributed by atoms with Gasteiger partial charge in [-0.1, -0.05) is 11.8 Å². The highest BCUT2D eigenvalue weighted by Gasteiger charge is 2.12. The topological polar surface area (TPSA) is 114 Å². The fourth-order valence-electron chi connectivity index (χ4n) is 1.42. The molecule has 0 saturated heterocycles. The van der Waals surface area contributed by atoms with E-state index in [1.54, 1.807) is 12.1 Å². The molecule has 0 spiro atoms. The largest absolute Gasteiger partial charge is 0.320 e.